The predicted molar refractivity (Wildman–Crippen MR) is 122 cm³/mol. The molecule has 1 saturated heterocycles. The van der Waals surface area contributed by atoms with Crippen LogP contribution in [0.3, 0.4) is 0 Å². The predicted octanol–water partition coefficient (Wildman–Crippen LogP) is 2.76. The van der Waals surface area contributed by atoms with Gasteiger partial charge < -0.3 is 19.7 Å². The van der Waals surface area contributed by atoms with Crippen molar-refractivity contribution in [3.8, 4) is 5.75 Å². The van der Waals surface area contributed by atoms with Crippen molar-refractivity contribution in [3.63, 3.8) is 0 Å². The molecule has 1 atom stereocenters. The number of aryl methyl sites for hydroxylation is 2. The first-order chi connectivity index (χ1) is 13.2. The van der Waals surface area contributed by atoms with Crippen LogP contribution in [-0.4, -0.2) is 60.0 Å². The average Bonchev–Trinajstić information content (AvgIpc) is 3.12. The number of guanidine groups is 1. The molecule has 1 aromatic heterocycles. The van der Waals surface area contributed by atoms with Gasteiger partial charge in [-0.15, -0.1) is 24.0 Å². The van der Waals surface area contributed by atoms with Crippen molar-refractivity contribution in [2.24, 2.45) is 12.0 Å². The van der Waals surface area contributed by atoms with Gasteiger partial charge in [0, 0.05) is 31.9 Å². The van der Waals surface area contributed by atoms with Crippen LogP contribution in [0.1, 0.15) is 24.2 Å². The lowest BCUT2D eigenvalue weighted by Gasteiger charge is -2.34. The number of hydrogen-bond acceptors (Lipinski definition) is 4. The number of rotatable bonds is 6. The van der Waals surface area contributed by atoms with E-state index in [0.717, 1.165) is 36.9 Å². The van der Waals surface area contributed by atoms with Gasteiger partial charge in [-0.3, -0.25) is 4.68 Å². The smallest absolute Gasteiger partial charge is 0.194 e. The SMILES string of the molecule is CCNC(=NCCOc1ccc(C)cc1)N1CCOC(c2cnn(C)c2)C1.I. The van der Waals surface area contributed by atoms with Crippen LogP contribution in [0.4, 0.5) is 0 Å². The molecule has 154 valence electrons. The zero-order valence-corrected chi connectivity index (χ0v) is 19.1. The highest BCUT2D eigenvalue weighted by atomic mass is 127. The van der Waals surface area contributed by atoms with Crippen molar-refractivity contribution in [2.75, 3.05) is 39.4 Å². The van der Waals surface area contributed by atoms with Crippen LogP contribution in [-0.2, 0) is 11.8 Å². The number of nitrogens with zero attached hydrogens (tertiary/aromatic N) is 4. The normalized spacial score (nSPS) is 17.2. The Hall–Kier alpha value is -1.81. The molecule has 0 spiro atoms. The first kappa shape index (κ1) is 22.5. The molecular weight excluding hydrogens is 469 g/mol. The zero-order chi connectivity index (χ0) is 19.1. The van der Waals surface area contributed by atoms with E-state index in [1.54, 1.807) is 4.68 Å². The van der Waals surface area contributed by atoms with Crippen LogP contribution in [0.2, 0.25) is 0 Å². The first-order valence-corrected chi connectivity index (χ1v) is 9.48. The number of ether oxygens (including phenoxy) is 2. The van der Waals surface area contributed by atoms with Crippen molar-refractivity contribution >= 4 is 29.9 Å². The summed E-state index contributed by atoms with van der Waals surface area (Å²) < 4.78 is 13.5. The third-order valence-corrected chi connectivity index (χ3v) is 4.44. The first-order valence-electron chi connectivity index (χ1n) is 9.48. The Morgan fingerprint density at radius 2 is 2.14 bits per heavy atom. The quantitative estimate of drug-likeness (QED) is 0.287. The minimum atomic E-state index is 0. The molecule has 1 fully saturated rings. The van der Waals surface area contributed by atoms with Crippen LogP contribution < -0.4 is 10.1 Å². The maximum atomic E-state index is 5.93. The Morgan fingerprint density at radius 3 is 2.82 bits per heavy atom. The number of benzene rings is 1. The molecule has 1 N–H and O–H groups in total. The largest absolute Gasteiger partial charge is 0.492 e. The molecule has 1 aliphatic rings. The molecule has 2 aromatic rings. The monoisotopic (exact) mass is 499 g/mol. The lowest BCUT2D eigenvalue weighted by atomic mass is 10.1. The molecule has 28 heavy (non-hydrogen) atoms. The van der Waals surface area contributed by atoms with Crippen molar-refractivity contribution in [2.45, 2.75) is 20.0 Å². The topological polar surface area (TPSA) is 63.9 Å². The number of aliphatic imine (C=N–C) groups is 1. The van der Waals surface area contributed by atoms with Gasteiger partial charge in [-0.1, -0.05) is 17.7 Å². The second-order valence-corrected chi connectivity index (χ2v) is 6.65. The lowest BCUT2D eigenvalue weighted by Crippen LogP contribution is -2.48. The van der Waals surface area contributed by atoms with Gasteiger partial charge in [0.1, 0.15) is 18.5 Å². The Morgan fingerprint density at radius 1 is 1.36 bits per heavy atom. The number of aromatic nitrogens is 2. The zero-order valence-electron chi connectivity index (χ0n) is 16.8. The summed E-state index contributed by atoms with van der Waals surface area (Å²) in [6.45, 7) is 8.38. The second kappa shape index (κ2) is 11.3. The molecule has 7 nitrogen and oxygen atoms in total. The fraction of sp³-hybridized carbons (Fsp3) is 0.500. The van der Waals surface area contributed by atoms with Crippen LogP contribution in [0.15, 0.2) is 41.7 Å². The highest BCUT2D eigenvalue weighted by molar-refractivity contribution is 14.0. The molecular formula is C20H30IN5O2. The van der Waals surface area contributed by atoms with E-state index < -0.39 is 0 Å². The summed E-state index contributed by atoms with van der Waals surface area (Å²) in [5.41, 5.74) is 2.33. The van der Waals surface area contributed by atoms with Gasteiger partial charge in [-0.05, 0) is 26.0 Å². The van der Waals surface area contributed by atoms with Gasteiger partial charge in [-0.25, -0.2) is 4.99 Å². The molecule has 0 radical (unpaired) electrons. The molecule has 0 amide bonds. The molecule has 0 aliphatic carbocycles. The summed E-state index contributed by atoms with van der Waals surface area (Å²) in [5, 5.41) is 7.63. The number of hydrogen-bond donors (Lipinski definition) is 1. The number of nitrogens with one attached hydrogen (secondary N) is 1. The molecule has 0 bridgehead atoms. The van der Waals surface area contributed by atoms with Gasteiger partial charge >= 0.3 is 0 Å². The summed E-state index contributed by atoms with van der Waals surface area (Å²) in [6, 6.07) is 8.08. The maximum Gasteiger partial charge on any atom is 0.194 e. The van der Waals surface area contributed by atoms with Crippen LogP contribution in [0.5, 0.6) is 5.75 Å². The minimum absolute atomic E-state index is 0. The van der Waals surface area contributed by atoms with Crippen molar-refractivity contribution < 1.29 is 9.47 Å². The fourth-order valence-corrected chi connectivity index (χ4v) is 3.03. The molecule has 1 aliphatic heterocycles. The molecule has 2 heterocycles. The van der Waals surface area contributed by atoms with Gasteiger partial charge in [0.15, 0.2) is 5.96 Å². The van der Waals surface area contributed by atoms with Crippen molar-refractivity contribution in [1.82, 2.24) is 20.0 Å². The lowest BCUT2D eigenvalue weighted by molar-refractivity contribution is -0.00805. The van der Waals surface area contributed by atoms with Crippen LogP contribution >= 0.6 is 24.0 Å². The minimum Gasteiger partial charge on any atom is -0.492 e. The highest BCUT2D eigenvalue weighted by Gasteiger charge is 2.25. The van der Waals surface area contributed by atoms with Crippen molar-refractivity contribution in [3.05, 3.63) is 47.8 Å². The second-order valence-electron chi connectivity index (χ2n) is 6.65. The Labute approximate surface area is 184 Å². The fourth-order valence-electron chi connectivity index (χ4n) is 3.03. The summed E-state index contributed by atoms with van der Waals surface area (Å²) in [4.78, 5) is 6.98. The Bertz CT molecular complexity index is 747. The third-order valence-electron chi connectivity index (χ3n) is 4.44. The maximum absolute atomic E-state index is 5.93. The Kier molecular flexibility index (Phi) is 9.04. The highest BCUT2D eigenvalue weighted by Crippen LogP contribution is 2.21. The molecule has 1 unspecified atom stereocenters. The van der Waals surface area contributed by atoms with E-state index in [9.17, 15) is 0 Å². The summed E-state index contributed by atoms with van der Waals surface area (Å²) >= 11 is 0. The van der Waals surface area contributed by atoms with Gasteiger partial charge in [0.25, 0.3) is 0 Å². The standard InChI is InChI=1S/C20H29N5O2.HI/c1-4-21-20(22-9-11-26-18-7-5-16(2)6-8-18)25-10-12-27-19(15-25)17-13-23-24(3)14-17;/h5-8,13-14,19H,4,9-12,15H2,1-3H3,(H,21,22);1H. The van der Waals surface area contributed by atoms with Crippen molar-refractivity contribution in [1.29, 1.82) is 0 Å². The Balaban J connectivity index is 0.00000280. The molecule has 8 heteroatoms. The summed E-state index contributed by atoms with van der Waals surface area (Å²) in [7, 11) is 1.92. The van der Waals surface area contributed by atoms with Crippen LogP contribution in [0, 0.1) is 6.92 Å². The van der Waals surface area contributed by atoms with Gasteiger partial charge in [0.2, 0.25) is 0 Å². The molecule has 0 saturated carbocycles. The van der Waals surface area contributed by atoms with E-state index in [4.69, 9.17) is 14.5 Å². The average molecular weight is 499 g/mol. The third kappa shape index (κ3) is 6.37. The molecule has 1 aromatic carbocycles. The number of morpholine rings is 1. The van der Waals surface area contributed by atoms with E-state index in [0.29, 0.717) is 19.8 Å². The van der Waals surface area contributed by atoms with E-state index in [1.807, 2.05) is 31.6 Å². The van der Waals surface area contributed by atoms with E-state index in [-0.39, 0.29) is 30.1 Å². The van der Waals surface area contributed by atoms with Gasteiger partial charge in [0.05, 0.1) is 25.9 Å². The molecule has 3 rings (SSSR count). The van der Waals surface area contributed by atoms with Crippen LogP contribution in [0.25, 0.3) is 0 Å². The van der Waals surface area contributed by atoms with E-state index in [1.165, 1.54) is 5.56 Å². The summed E-state index contributed by atoms with van der Waals surface area (Å²) in [6.07, 6.45) is 3.89. The van der Waals surface area contributed by atoms with E-state index in [2.05, 4.69) is 41.3 Å². The summed E-state index contributed by atoms with van der Waals surface area (Å²) in [5.74, 6) is 1.78. The van der Waals surface area contributed by atoms with E-state index >= 15 is 0 Å². The van der Waals surface area contributed by atoms with Gasteiger partial charge in [-0.2, -0.15) is 5.10 Å². The number of halogens is 1.